The van der Waals surface area contributed by atoms with Crippen molar-refractivity contribution in [2.45, 2.75) is 26.3 Å². The quantitative estimate of drug-likeness (QED) is 0.570. The van der Waals surface area contributed by atoms with Crippen molar-refractivity contribution in [1.82, 2.24) is 9.36 Å². The number of nitrogen functional groups attached to an aromatic ring is 1. The van der Waals surface area contributed by atoms with Crippen molar-refractivity contribution >= 4 is 22.4 Å². The van der Waals surface area contributed by atoms with E-state index in [0.717, 1.165) is 29.4 Å². The van der Waals surface area contributed by atoms with Crippen LogP contribution in [0.2, 0.25) is 0 Å². The number of anilines is 2. The number of aryl methyl sites for hydroxylation is 1. The average Bonchev–Trinajstić information content (AvgIpc) is 2.79. The number of benzene rings is 1. The molecule has 0 aliphatic heterocycles. The molecule has 1 heterocycles. The van der Waals surface area contributed by atoms with E-state index in [1.807, 2.05) is 0 Å². The van der Waals surface area contributed by atoms with Gasteiger partial charge in [-0.15, -0.1) is 0 Å². The molecule has 0 unspecified atom stereocenters. The lowest BCUT2D eigenvalue weighted by Gasteiger charge is -2.06. The van der Waals surface area contributed by atoms with Gasteiger partial charge in [0, 0.05) is 35.7 Å². The smallest absolute Gasteiger partial charge is 0.202 e. The second-order valence-corrected chi connectivity index (χ2v) is 4.76. The van der Waals surface area contributed by atoms with Crippen LogP contribution < -0.4 is 11.1 Å². The Hall–Kier alpha value is -1.82. The van der Waals surface area contributed by atoms with E-state index in [2.05, 4.69) is 21.6 Å². The summed E-state index contributed by atoms with van der Waals surface area (Å²) in [7, 11) is 0. The predicted molar refractivity (Wildman–Crippen MR) is 73.7 cm³/mol. The molecule has 0 aliphatic rings. The summed E-state index contributed by atoms with van der Waals surface area (Å²) in [5.74, 6) is 1.09. The Morgan fingerprint density at radius 2 is 2.28 bits per heavy atom. The highest BCUT2D eigenvalue weighted by molar-refractivity contribution is 7.09. The van der Waals surface area contributed by atoms with Crippen molar-refractivity contribution in [2.75, 3.05) is 11.1 Å². The molecule has 1 aromatic heterocycles. The Bertz CT molecular complexity index is 527. The maximum absolute atomic E-state index is 9.67. The third-order valence-electron chi connectivity index (χ3n) is 2.48. The van der Waals surface area contributed by atoms with Crippen LogP contribution in [0.4, 0.5) is 10.8 Å². The number of nitrogens with one attached hydrogen (secondary N) is 1. The van der Waals surface area contributed by atoms with Crippen LogP contribution in [0.5, 0.6) is 5.75 Å². The molecule has 18 heavy (non-hydrogen) atoms. The van der Waals surface area contributed by atoms with E-state index >= 15 is 0 Å². The number of phenols is 1. The van der Waals surface area contributed by atoms with Crippen LogP contribution >= 0.6 is 11.5 Å². The summed E-state index contributed by atoms with van der Waals surface area (Å²) in [5, 5.41) is 13.6. The van der Waals surface area contributed by atoms with Gasteiger partial charge in [0.2, 0.25) is 5.13 Å². The zero-order valence-corrected chi connectivity index (χ0v) is 11.0. The Balaban J connectivity index is 1.99. The van der Waals surface area contributed by atoms with E-state index in [1.165, 1.54) is 11.5 Å². The van der Waals surface area contributed by atoms with Crippen molar-refractivity contribution in [3.05, 3.63) is 29.6 Å². The third-order valence-corrected chi connectivity index (χ3v) is 3.19. The van der Waals surface area contributed by atoms with Crippen molar-refractivity contribution in [3.63, 3.8) is 0 Å². The van der Waals surface area contributed by atoms with E-state index in [4.69, 9.17) is 5.73 Å². The van der Waals surface area contributed by atoms with Gasteiger partial charge in [-0.05, 0) is 24.6 Å². The van der Waals surface area contributed by atoms with Crippen LogP contribution in [0.3, 0.4) is 0 Å². The molecule has 2 aromatic rings. The number of aromatic hydroxyl groups is 1. The second-order valence-electron chi connectivity index (χ2n) is 4.01. The summed E-state index contributed by atoms with van der Waals surface area (Å²) in [5.41, 5.74) is 7.06. The normalized spacial score (nSPS) is 10.5. The van der Waals surface area contributed by atoms with Gasteiger partial charge in [0.25, 0.3) is 0 Å². The maximum Gasteiger partial charge on any atom is 0.202 e. The fraction of sp³-hybridized carbons (Fsp3) is 0.333. The minimum absolute atomic E-state index is 0.231. The first-order valence-electron chi connectivity index (χ1n) is 5.83. The van der Waals surface area contributed by atoms with E-state index in [0.29, 0.717) is 12.2 Å². The molecule has 6 heteroatoms. The highest BCUT2D eigenvalue weighted by atomic mass is 32.1. The van der Waals surface area contributed by atoms with E-state index < -0.39 is 0 Å². The minimum Gasteiger partial charge on any atom is -0.508 e. The van der Waals surface area contributed by atoms with E-state index in [9.17, 15) is 5.11 Å². The summed E-state index contributed by atoms with van der Waals surface area (Å²) in [4.78, 5) is 4.35. The zero-order chi connectivity index (χ0) is 13.0. The average molecular weight is 264 g/mol. The zero-order valence-electron chi connectivity index (χ0n) is 10.2. The fourth-order valence-electron chi connectivity index (χ4n) is 1.57. The minimum atomic E-state index is 0.231. The van der Waals surface area contributed by atoms with Crippen LogP contribution in [-0.2, 0) is 13.0 Å². The van der Waals surface area contributed by atoms with Crippen molar-refractivity contribution in [1.29, 1.82) is 0 Å². The van der Waals surface area contributed by atoms with Crippen molar-refractivity contribution in [2.24, 2.45) is 0 Å². The van der Waals surface area contributed by atoms with Gasteiger partial charge in [0.05, 0.1) is 0 Å². The molecular weight excluding hydrogens is 248 g/mol. The standard InChI is InChI=1S/C12H16N4OS/c1-2-3-11-15-12(18-16-11)14-7-8-6-9(13)4-5-10(8)17/h4-6,17H,2-3,7,13H2,1H3,(H,14,15,16). The fourth-order valence-corrected chi connectivity index (χ4v) is 2.18. The van der Waals surface area contributed by atoms with Crippen molar-refractivity contribution < 1.29 is 5.11 Å². The summed E-state index contributed by atoms with van der Waals surface area (Å²) in [6, 6.07) is 5.01. The number of nitrogens with zero attached hydrogens (tertiary/aromatic N) is 2. The molecule has 0 bridgehead atoms. The van der Waals surface area contributed by atoms with E-state index in [-0.39, 0.29) is 5.75 Å². The van der Waals surface area contributed by atoms with Crippen LogP contribution in [0.1, 0.15) is 24.7 Å². The Labute approximate surface area is 110 Å². The first kappa shape index (κ1) is 12.6. The first-order valence-corrected chi connectivity index (χ1v) is 6.60. The van der Waals surface area contributed by atoms with Crippen LogP contribution in [0.15, 0.2) is 18.2 Å². The largest absolute Gasteiger partial charge is 0.508 e. The summed E-state index contributed by atoms with van der Waals surface area (Å²) < 4.78 is 4.24. The molecule has 0 amide bonds. The van der Waals surface area contributed by atoms with Gasteiger partial charge in [0.1, 0.15) is 11.6 Å². The molecule has 0 saturated heterocycles. The second kappa shape index (κ2) is 5.68. The van der Waals surface area contributed by atoms with Gasteiger partial charge in [0.15, 0.2) is 0 Å². The number of aromatic nitrogens is 2. The lowest BCUT2D eigenvalue weighted by atomic mass is 10.2. The van der Waals surface area contributed by atoms with Gasteiger partial charge in [-0.3, -0.25) is 0 Å². The number of hydrogen-bond donors (Lipinski definition) is 3. The third kappa shape index (κ3) is 3.10. The molecule has 1 aromatic carbocycles. The highest BCUT2D eigenvalue weighted by Crippen LogP contribution is 2.21. The van der Waals surface area contributed by atoms with Crippen molar-refractivity contribution in [3.8, 4) is 5.75 Å². The Kier molecular flexibility index (Phi) is 3.99. The van der Waals surface area contributed by atoms with Gasteiger partial charge in [-0.25, -0.2) is 4.98 Å². The molecule has 4 N–H and O–H groups in total. The number of phenolic OH excluding ortho intramolecular Hbond substituents is 1. The summed E-state index contributed by atoms with van der Waals surface area (Å²) >= 11 is 1.33. The van der Waals surface area contributed by atoms with E-state index in [1.54, 1.807) is 18.2 Å². The lowest BCUT2D eigenvalue weighted by Crippen LogP contribution is -2.00. The molecule has 0 fully saturated rings. The molecule has 96 valence electrons. The van der Waals surface area contributed by atoms with Gasteiger partial charge in [-0.2, -0.15) is 4.37 Å². The predicted octanol–water partition coefficient (Wildman–Crippen LogP) is 2.39. The molecule has 0 radical (unpaired) electrons. The summed E-state index contributed by atoms with van der Waals surface area (Å²) in [6.45, 7) is 2.58. The maximum atomic E-state index is 9.67. The SMILES string of the molecule is CCCc1nsc(NCc2cc(N)ccc2O)n1. The first-order chi connectivity index (χ1) is 8.69. The molecule has 0 atom stereocenters. The monoisotopic (exact) mass is 264 g/mol. The highest BCUT2D eigenvalue weighted by Gasteiger charge is 2.05. The van der Waals surface area contributed by atoms with Gasteiger partial charge >= 0.3 is 0 Å². The molecular formula is C12H16N4OS. The number of rotatable bonds is 5. The molecule has 0 saturated carbocycles. The van der Waals surface area contributed by atoms with Crippen LogP contribution in [0.25, 0.3) is 0 Å². The lowest BCUT2D eigenvalue weighted by molar-refractivity contribution is 0.469. The Morgan fingerprint density at radius 1 is 1.44 bits per heavy atom. The molecule has 0 spiro atoms. The van der Waals surface area contributed by atoms with Gasteiger partial charge < -0.3 is 16.2 Å². The van der Waals surface area contributed by atoms with Gasteiger partial charge in [-0.1, -0.05) is 6.92 Å². The Morgan fingerprint density at radius 3 is 3.06 bits per heavy atom. The molecule has 5 nitrogen and oxygen atoms in total. The number of hydrogen-bond acceptors (Lipinski definition) is 6. The molecule has 0 aliphatic carbocycles. The number of nitrogens with two attached hydrogens (primary N) is 1. The van der Waals surface area contributed by atoms with Crippen LogP contribution in [0, 0.1) is 0 Å². The van der Waals surface area contributed by atoms with Crippen LogP contribution in [-0.4, -0.2) is 14.5 Å². The summed E-state index contributed by atoms with van der Waals surface area (Å²) in [6.07, 6.45) is 1.92. The topological polar surface area (TPSA) is 84.1 Å². The molecule has 2 rings (SSSR count).